The van der Waals surface area contributed by atoms with Crippen LogP contribution in [-0.4, -0.2) is 17.3 Å². The summed E-state index contributed by atoms with van der Waals surface area (Å²) in [4.78, 5) is 6.53. The molecule has 0 aliphatic rings. The maximum Gasteiger partial charge on any atom is 0.435 e. The first-order chi connectivity index (χ1) is 6.99. The molecule has 80 valence electrons. The summed E-state index contributed by atoms with van der Waals surface area (Å²) in [6.45, 7) is 0. The zero-order valence-electron chi connectivity index (χ0n) is 7.50. The maximum absolute atomic E-state index is 12.4. The van der Waals surface area contributed by atoms with Gasteiger partial charge in [0.2, 0.25) is 5.88 Å². The predicted molar refractivity (Wildman–Crippen MR) is 50.5 cm³/mol. The molecule has 0 amide bonds. The van der Waals surface area contributed by atoms with E-state index in [0.717, 1.165) is 6.07 Å². The Morgan fingerprint density at radius 1 is 1.47 bits per heavy atom. The number of nitrogens with zero attached hydrogens (tertiary/aromatic N) is 2. The summed E-state index contributed by atoms with van der Waals surface area (Å²) in [5, 5.41) is 1.86. The van der Waals surface area contributed by atoms with E-state index in [1.807, 2.05) is 5.16 Å². The van der Waals surface area contributed by atoms with Crippen molar-refractivity contribution in [3.8, 4) is 5.88 Å². The lowest BCUT2D eigenvalue weighted by Gasteiger charge is -2.09. The normalized spacial score (nSPS) is 10.7. The third kappa shape index (κ3) is 2.74. The van der Waals surface area contributed by atoms with Gasteiger partial charge in [0.15, 0.2) is 5.69 Å². The minimum atomic E-state index is -4.60. The summed E-state index contributed by atoms with van der Waals surface area (Å²) in [7, 11) is 1.23. The van der Waals surface area contributed by atoms with Crippen molar-refractivity contribution in [2.45, 2.75) is 6.18 Å². The largest absolute Gasteiger partial charge is 0.481 e. The molecule has 0 saturated carbocycles. The molecule has 1 aromatic rings. The van der Waals surface area contributed by atoms with Crippen LogP contribution in [0.2, 0.25) is 0 Å². The number of pyridine rings is 1. The van der Waals surface area contributed by atoms with Gasteiger partial charge in [-0.3, -0.25) is 0 Å². The summed E-state index contributed by atoms with van der Waals surface area (Å²) in [5.41, 5.74) is -1.52. The van der Waals surface area contributed by atoms with Crippen molar-refractivity contribution in [1.29, 1.82) is 0 Å². The predicted octanol–water partition coefficient (Wildman–Crippen LogP) is 2.84. The first kappa shape index (κ1) is 11.6. The summed E-state index contributed by atoms with van der Waals surface area (Å²) in [5.74, 6) is -0.134. The van der Waals surface area contributed by atoms with E-state index in [1.165, 1.54) is 13.2 Å². The van der Waals surface area contributed by atoms with Crippen molar-refractivity contribution in [3.05, 3.63) is 17.8 Å². The van der Waals surface area contributed by atoms with E-state index in [0.29, 0.717) is 0 Å². The van der Waals surface area contributed by atoms with E-state index in [4.69, 9.17) is 0 Å². The van der Waals surface area contributed by atoms with Crippen LogP contribution < -0.4 is 4.74 Å². The number of rotatable bonds is 2. The van der Waals surface area contributed by atoms with Gasteiger partial charge in [0, 0.05) is 6.07 Å². The molecule has 0 bridgehead atoms. The van der Waals surface area contributed by atoms with Gasteiger partial charge in [-0.1, -0.05) is 0 Å². The monoisotopic (exact) mass is 234 g/mol. The first-order valence-electron chi connectivity index (χ1n) is 3.69. The Hall–Kier alpha value is -1.46. The Morgan fingerprint density at radius 3 is 2.60 bits per heavy atom. The fraction of sp³-hybridized carbons (Fsp3) is 0.250. The quantitative estimate of drug-likeness (QED) is 0.583. The van der Waals surface area contributed by atoms with Crippen molar-refractivity contribution >= 4 is 23.1 Å². The molecule has 15 heavy (non-hydrogen) atoms. The topological polar surface area (TPSA) is 34.5 Å². The highest BCUT2D eigenvalue weighted by Gasteiger charge is 2.36. The molecule has 0 atom stereocenters. The lowest BCUT2D eigenvalue weighted by atomic mass is 10.3. The van der Waals surface area contributed by atoms with Crippen LogP contribution in [0.1, 0.15) is 5.69 Å². The third-order valence-corrected chi connectivity index (χ3v) is 1.58. The van der Waals surface area contributed by atoms with E-state index in [2.05, 4.69) is 26.9 Å². The fourth-order valence-electron chi connectivity index (χ4n) is 0.896. The molecule has 0 fully saturated rings. The second kappa shape index (κ2) is 4.37. The second-order valence-corrected chi connectivity index (χ2v) is 2.60. The molecular formula is C8H5F3N2OS. The lowest BCUT2D eigenvalue weighted by Crippen LogP contribution is -2.08. The Labute approximate surface area is 88.6 Å². The minimum absolute atomic E-state index is 0.134. The molecule has 0 N–H and O–H groups in total. The standard InChI is InChI=1S/C8H5F3N2OS/c1-14-6-3-2-5(12-4-15)7(13-6)8(9,10)11/h2-3H,1H3. The van der Waals surface area contributed by atoms with Crippen LogP contribution >= 0.6 is 12.2 Å². The zero-order chi connectivity index (χ0) is 11.5. The van der Waals surface area contributed by atoms with Crippen LogP contribution in [0.5, 0.6) is 5.88 Å². The number of aliphatic imine (C=N–C) groups is 1. The molecule has 3 nitrogen and oxygen atoms in total. The van der Waals surface area contributed by atoms with Crippen molar-refractivity contribution < 1.29 is 17.9 Å². The molecule has 1 rings (SSSR count). The van der Waals surface area contributed by atoms with Crippen LogP contribution in [0.15, 0.2) is 17.1 Å². The number of hydrogen-bond donors (Lipinski definition) is 0. The molecule has 1 heterocycles. The average Bonchev–Trinajstić information content (AvgIpc) is 2.17. The second-order valence-electron chi connectivity index (χ2n) is 2.42. The van der Waals surface area contributed by atoms with E-state index in [1.54, 1.807) is 0 Å². The summed E-state index contributed by atoms with van der Waals surface area (Å²) in [6, 6.07) is 2.38. The van der Waals surface area contributed by atoms with E-state index in [9.17, 15) is 13.2 Å². The van der Waals surface area contributed by atoms with Gasteiger partial charge in [0.05, 0.1) is 12.3 Å². The highest BCUT2D eigenvalue weighted by molar-refractivity contribution is 7.78. The maximum atomic E-state index is 12.4. The highest BCUT2D eigenvalue weighted by Crippen LogP contribution is 2.35. The van der Waals surface area contributed by atoms with Gasteiger partial charge in [-0.25, -0.2) is 4.98 Å². The number of hydrogen-bond acceptors (Lipinski definition) is 4. The van der Waals surface area contributed by atoms with Crippen LogP contribution in [0.4, 0.5) is 18.9 Å². The van der Waals surface area contributed by atoms with Crippen LogP contribution in [0, 0.1) is 0 Å². The molecule has 0 saturated heterocycles. The summed E-state index contributed by atoms with van der Waals surface area (Å²) in [6.07, 6.45) is -4.60. The molecule has 7 heteroatoms. The molecule has 0 radical (unpaired) electrons. The number of ether oxygens (including phenoxy) is 1. The van der Waals surface area contributed by atoms with Gasteiger partial charge >= 0.3 is 6.18 Å². The number of isothiocyanates is 1. The Kier molecular flexibility index (Phi) is 3.39. The van der Waals surface area contributed by atoms with E-state index >= 15 is 0 Å². The summed E-state index contributed by atoms with van der Waals surface area (Å²) >= 11 is 4.23. The Balaban J connectivity index is 3.35. The van der Waals surface area contributed by atoms with Crippen molar-refractivity contribution in [3.63, 3.8) is 0 Å². The molecular weight excluding hydrogens is 229 g/mol. The number of aromatic nitrogens is 1. The number of halogens is 3. The molecule has 0 aromatic carbocycles. The summed E-state index contributed by atoms with van der Waals surface area (Å²) < 4.78 is 41.9. The smallest absolute Gasteiger partial charge is 0.435 e. The average molecular weight is 234 g/mol. The van der Waals surface area contributed by atoms with E-state index < -0.39 is 11.9 Å². The first-order valence-corrected chi connectivity index (χ1v) is 4.10. The van der Waals surface area contributed by atoms with Crippen molar-refractivity contribution in [2.24, 2.45) is 4.99 Å². The Bertz CT molecular complexity index is 413. The van der Waals surface area contributed by atoms with Gasteiger partial charge in [0.1, 0.15) is 5.69 Å². The lowest BCUT2D eigenvalue weighted by molar-refractivity contribution is -0.140. The zero-order valence-corrected chi connectivity index (χ0v) is 8.32. The highest BCUT2D eigenvalue weighted by atomic mass is 32.1. The number of thiocarbonyl (C=S) groups is 1. The minimum Gasteiger partial charge on any atom is -0.481 e. The molecule has 0 aliphatic heterocycles. The van der Waals surface area contributed by atoms with Crippen LogP contribution in [0.3, 0.4) is 0 Å². The number of alkyl halides is 3. The van der Waals surface area contributed by atoms with Gasteiger partial charge in [0.25, 0.3) is 0 Å². The SMILES string of the molecule is COc1ccc(N=C=S)c(C(F)(F)F)n1. The molecule has 0 unspecified atom stereocenters. The molecule has 0 aliphatic carbocycles. The van der Waals surface area contributed by atoms with Gasteiger partial charge in [-0.2, -0.15) is 18.2 Å². The molecule has 0 spiro atoms. The van der Waals surface area contributed by atoms with Gasteiger partial charge < -0.3 is 4.74 Å². The Morgan fingerprint density at radius 2 is 2.13 bits per heavy atom. The van der Waals surface area contributed by atoms with Gasteiger partial charge in [-0.15, -0.1) is 0 Å². The van der Waals surface area contributed by atoms with Crippen LogP contribution in [-0.2, 0) is 6.18 Å². The van der Waals surface area contributed by atoms with Gasteiger partial charge in [-0.05, 0) is 18.3 Å². The van der Waals surface area contributed by atoms with Crippen molar-refractivity contribution in [1.82, 2.24) is 4.98 Å². The molecule has 1 aromatic heterocycles. The number of methoxy groups -OCH3 is 1. The fourth-order valence-corrected chi connectivity index (χ4v) is 0.994. The third-order valence-electron chi connectivity index (χ3n) is 1.49. The van der Waals surface area contributed by atoms with Crippen molar-refractivity contribution in [2.75, 3.05) is 7.11 Å². The van der Waals surface area contributed by atoms with E-state index in [-0.39, 0.29) is 11.6 Å². The van der Waals surface area contributed by atoms with Crippen LogP contribution in [0.25, 0.3) is 0 Å².